The van der Waals surface area contributed by atoms with E-state index in [9.17, 15) is 10.1 Å². The summed E-state index contributed by atoms with van der Waals surface area (Å²) >= 11 is 6.06. The van der Waals surface area contributed by atoms with Gasteiger partial charge < -0.3 is 9.88 Å². The lowest BCUT2D eigenvalue weighted by molar-refractivity contribution is -0.384. The first kappa shape index (κ1) is 14.5. The van der Waals surface area contributed by atoms with E-state index in [-0.39, 0.29) is 5.69 Å². The number of hydrogen-bond donors (Lipinski definition) is 1. The molecule has 6 nitrogen and oxygen atoms in total. The standard InChI is InChI=1S/C13H15ClN4O2/c1-2-15-6-11-8-17(9-16-11)7-10-3-4-12(18(19)20)5-13(10)14/h3-5,8-9,15H,2,6-7H2,1H3. The molecule has 0 amide bonds. The maximum atomic E-state index is 10.7. The number of hydrogen-bond acceptors (Lipinski definition) is 4. The van der Waals surface area contributed by atoms with Crippen molar-refractivity contribution in [2.45, 2.75) is 20.0 Å². The van der Waals surface area contributed by atoms with Crippen molar-refractivity contribution < 1.29 is 4.92 Å². The number of nitro groups is 1. The van der Waals surface area contributed by atoms with Gasteiger partial charge in [0.1, 0.15) is 0 Å². The normalized spacial score (nSPS) is 10.7. The summed E-state index contributed by atoms with van der Waals surface area (Å²) in [6, 6.07) is 4.50. The molecule has 20 heavy (non-hydrogen) atoms. The van der Waals surface area contributed by atoms with Gasteiger partial charge in [-0.3, -0.25) is 10.1 Å². The van der Waals surface area contributed by atoms with E-state index in [1.807, 2.05) is 17.7 Å². The molecule has 0 atom stereocenters. The molecule has 0 saturated carbocycles. The lowest BCUT2D eigenvalue weighted by Crippen LogP contribution is -2.11. The summed E-state index contributed by atoms with van der Waals surface area (Å²) in [6.45, 7) is 4.18. The van der Waals surface area contributed by atoms with Gasteiger partial charge in [0.2, 0.25) is 0 Å². The Morgan fingerprint density at radius 3 is 2.95 bits per heavy atom. The molecule has 0 aliphatic heterocycles. The molecule has 0 spiro atoms. The molecule has 2 aromatic rings. The second-order valence-electron chi connectivity index (χ2n) is 4.35. The van der Waals surface area contributed by atoms with Crippen LogP contribution in [0.2, 0.25) is 5.02 Å². The van der Waals surface area contributed by atoms with Crippen molar-refractivity contribution in [3.63, 3.8) is 0 Å². The third-order valence-electron chi connectivity index (χ3n) is 2.84. The molecule has 7 heteroatoms. The van der Waals surface area contributed by atoms with Gasteiger partial charge in [0, 0.05) is 31.4 Å². The molecule has 1 aromatic carbocycles. The van der Waals surface area contributed by atoms with Crippen molar-refractivity contribution in [3.8, 4) is 0 Å². The summed E-state index contributed by atoms with van der Waals surface area (Å²) < 4.78 is 1.90. The Hall–Kier alpha value is -1.92. The van der Waals surface area contributed by atoms with Crippen molar-refractivity contribution >= 4 is 17.3 Å². The highest BCUT2D eigenvalue weighted by molar-refractivity contribution is 6.31. The highest BCUT2D eigenvalue weighted by Gasteiger charge is 2.10. The van der Waals surface area contributed by atoms with E-state index in [0.717, 1.165) is 24.3 Å². The fourth-order valence-corrected chi connectivity index (χ4v) is 2.05. The molecule has 1 N–H and O–H groups in total. The van der Waals surface area contributed by atoms with Gasteiger partial charge in [0.25, 0.3) is 5.69 Å². The van der Waals surface area contributed by atoms with Crippen LogP contribution < -0.4 is 5.32 Å². The van der Waals surface area contributed by atoms with Gasteiger partial charge in [-0.1, -0.05) is 18.5 Å². The summed E-state index contributed by atoms with van der Waals surface area (Å²) in [5, 5.41) is 14.2. The number of nitrogens with one attached hydrogen (secondary N) is 1. The van der Waals surface area contributed by atoms with Crippen LogP contribution in [0.4, 0.5) is 5.69 Å². The first-order valence-corrected chi connectivity index (χ1v) is 6.62. The predicted octanol–water partition coefficient (Wildman–Crippen LogP) is 2.60. The Kier molecular flexibility index (Phi) is 4.70. The maximum absolute atomic E-state index is 10.7. The van der Waals surface area contributed by atoms with Gasteiger partial charge in [-0.2, -0.15) is 0 Å². The third kappa shape index (κ3) is 3.55. The minimum absolute atomic E-state index is 0.00258. The van der Waals surface area contributed by atoms with E-state index < -0.39 is 4.92 Å². The van der Waals surface area contributed by atoms with Gasteiger partial charge in [0.15, 0.2) is 0 Å². The zero-order valence-corrected chi connectivity index (χ0v) is 11.8. The number of nitro benzene ring substituents is 1. The van der Waals surface area contributed by atoms with E-state index >= 15 is 0 Å². The van der Waals surface area contributed by atoms with Gasteiger partial charge in [-0.15, -0.1) is 0 Å². The second-order valence-corrected chi connectivity index (χ2v) is 4.76. The van der Waals surface area contributed by atoms with E-state index in [0.29, 0.717) is 11.6 Å². The number of nitrogens with zero attached hydrogens (tertiary/aromatic N) is 3. The highest BCUT2D eigenvalue weighted by atomic mass is 35.5. The summed E-state index contributed by atoms with van der Waals surface area (Å²) in [5.41, 5.74) is 1.77. The molecule has 0 saturated heterocycles. The molecular formula is C13H15ClN4O2. The quantitative estimate of drug-likeness (QED) is 0.656. The topological polar surface area (TPSA) is 73.0 Å². The Morgan fingerprint density at radius 1 is 1.50 bits per heavy atom. The lowest BCUT2D eigenvalue weighted by atomic mass is 10.2. The van der Waals surface area contributed by atoms with Crippen LogP contribution in [0.5, 0.6) is 0 Å². The molecule has 1 heterocycles. The zero-order valence-electron chi connectivity index (χ0n) is 11.0. The van der Waals surface area contributed by atoms with Crippen molar-refractivity contribution in [3.05, 3.63) is 57.1 Å². The fourth-order valence-electron chi connectivity index (χ4n) is 1.81. The molecule has 0 aliphatic rings. The number of imidazole rings is 1. The minimum atomic E-state index is -0.457. The second kappa shape index (κ2) is 6.49. The van der Waals surface area contributed by atoms with Crippen LogP contribution in [0.15, 0.2) is 30.7 Å². The average Bonchev–Trinajstić information content (AvgIpc) is 2.86. The van der Waals surface area contributed by atoms with Crippen LogP contribution in [0.25, 0.3) is 0 Å². The summed E-state index contributed by atoms with van der Waals surface area (Å²) in [4.78, 5) is 14.5. The molecule has 106 valence electrons. The number of non-ortho nitro benzene ring substituents is 1. The molecular weight excluding hydrogens is 280 g/mol. The third-order valence-corrected chi connectivity index (χ3v) is 3.20. The highest BCUT2D eigenvalue weighted by Crippen LogP contribution is 2.23. The van der Waals surface area contributed by atoms with Crippen molar-refractivity contribution in [1.29, 1.82) is 0 Å². The molecule has 0 fully saturated rings. The Balaban J connectivity index is 2.09. The van der Waals surface area contributed by atoms with Gasteiger partial charge in [-0.05, 0) is 18.2 Å². The summed E-state index contributed by atoms with van der Waals surface area (Å²) in [6.07, 6.45) is 3.66. The molecule has 1 aromatic heterocycles. The maximum Gasteiger partial charge on any atom is 0.270 e. The van der Waals surface area contributed by atoms with E-state index in [1.54, 1.807) is 12.4 Å². The molecule has 2 rings (SSSR count). The van der Waals surface area contributed by atoms with Crippen LogP contribution in [-0.4, -0.2) is 21.0 Å². The number of aromatic nitrogens is 2. The smallest absolute Gasteiger partial charge is 0.270 e. The van der Waals surface area contributed by atoms with E-state index in [4.69, 9.17) is 11.6 Å². The predicted molar refractivity (Wildman–Crippen MR) is 76.8 cm³/mol. The van der Waals surface area contributed by atoms with Crippen LogP contribution in [-0.2, 0) is 13.1 Å². The Bertz CT molecular complexity index is 612. The number of benzene rings is 1. The van der Waals surface area contributed by atoms with E-state index in [2.05, 4.69) is 10.3 Å². The minimum Gasteiger partial charge on any atom is -0.333 e. The molecule has 0 unspecified atom stereocenters. The van der Waals surface area contributed by atoms with Gasteiger partial charge >= 0.3 is 0 Å². The lowest BCUT2D eigenvalue weighted by Gasteiger charge is -2.05. The monoisotopic (exact) mass is 294 g/mol. The largest absolute Gasteiger partial charge is 0.333 e. The van der Waals surface area contributed by atoms with Crippen molar-refractivity contribution in [2.75, 3.05) is 6.54 Å². The van der Waals surface area contributed by atoms with Crippen LogP contribution in [0, 0.1) is 10.1 Å². The van der Waals surface area contributed by atoms with Gasteiger partial charge in [0.05, 0.1) is 22.0 Å². The van der Waals surface area contributed by atoms with Crippen molar-refractivity contribution in [1.82, 2.24) is 14.9 Å². The molecule has 0 radical (unpaired) electrons. The van der Waals surface area contributed by atoms with Gasteiger partial charge in [-0.25, -0.2) is 4.98 Å². The van der Waals surface area contributed by atoms with Crippen LogP contribution in [0.1, 0.15) is 18.2 Å². The van der Waals surface area contributed by atoms with E-state index in [1.165, 1.54) is 12.1 Å². The zero-order chi connectivity index (χ0) is 14.5. The SMILES string of the molecule is CCNCc1cn(Cc2ccc([N+](=O)[O-])cc2Cl)cn1. The van der Waals surface area contributed by atoms with Crippen molar-refractivity contribution in [2.24, 2.45) is 0 Å². The number of rotatable bonds is 6. The molecule has 0 aliphatic carbocycles. The first-order valence-electron chi connectivity index (χ1n) is 6.24. The average molecular weight is 295 g/mol. The molecule has 0 bridgehead atoms. The number of halogens is 1. The summed E-state index contributed by atoms with van der Waals surface area (Å²) in [5.74, 6) is 0. The Labute approximate surface area is 121 Å². The fraction of sp³-hybridized carbons (Fsp3) is 0.308. The van der Waals surface area contributed by atoms with Crippen LogP contribution >= 0.6 is 11.6 Å². The summed E-state index contributed by atoms with van der Waals surface area (Å²) in [7, 11) is 0. The van der Waals surface area contributed by atoms with Crippen LogP contribution in [0.3, 0.4) is 0 Å². The Morgan fingerprint density at radius 2 is 2.30 bits per heavy atom. The first-order chi connectivity index (χ1) is 9.60.